The topological polar surface area (TPSA) is 9.23 Å². The molecule has 0 saturated heterocycles. The maximum atomic E-state index is 6.38. The molecule has 4 heteroatoms. The molecule has 2 unspecified atom stereocenters. The fourth-order valence-corrected chi connectivity index (χ4v) is 4.07. The maximum absolute atomic E-state index is 6.38. The molecule has 1 aromatic rings. The van der Waals surface area contributed by atoms with Gasteiger partial charge in [0.1, 0.15) is 11.9 Å². The van der Waals surface area contributed by atoms with Gasteiger partial charge in [0.2, 0.25) is 0 Å². The molecule has 0 aliphatic heterocycles. The van der Waals surface area contributed by atoms with E-state index >= 15 is 0 Å². The summed E-state index contributed by atoms with van der Waals surface area (Å²) >= 11 is 16.0. The summed E-state index contributed by atoms with van der Waals surface area (Å²) in [6.45, 7) is 4.36. The molecule has 100 valence electrons. The van der Waals surface area contributed by atoms with Crippen LogP contribution >= 0.6 is 39.1 Å². The lowest BCUT2D eigenvalue weighted by Crippen LogP contribution is -2.56. The predicted molar refractivity (Wildman–Crippen MR) is 80.8 cm³/mol. The van der Waals surface area contributed by atoms with Crippen molar-refractivity contribution >= 4 is 39.1 Å². The lowest BCUT2D eigenvalue weighted by atomic mass is 9.62. The monoisotopic (exact) mass is 350 g/mol. The molecule has 1 saturated carbocycles. The Balaban J connectivity index is 2.15. The van der Waals surface area contributed by atoms with Crippen LogP contribution in [0, 0.1) is 5.41 Å². The van der Waals surface area contributed by atoms with Crippen molar-refractivity contribution in [2.45, 2.75) is 44.6 Å². The van der Waals surface area contributed by atoms with Crippen LogP contribution in [-0.4, -0.2) is 11.5 Å². The highest BCUT2D eigenvalue weighted by Gasteiger charge is 2.53. The number of benzene rings is 1. The van der Waals surface area contributed by atoms with Crippen molar-refractivity contribution in [2.24, 2.45) is 5.41 Å². The first-order chi connectivity index (χ1) is 8.53. The van der Waals surface area contributed by atoms with E-state index < -0.39 is 0 Å². The molecule has 0 heterocycles. The fourth-order valence-electron chi connectivity index (χ4n) is 2.74. The van der Waals surface area contributed by atoms with Crippen LogP contribution in [0.25, 0.3) is 0 Å². The summed E-state index contributed by atoms with van der Waals surface area (Å²) in [5.41, 5.74) is 0.0952. The molecule has 1 aromatic carbocycles. The second kappa shape index (κ2) is 5.60. The van der Waals surface area contributed by atoms with Crippen LogP contribution in [-0.2, 0) is 0 Å². The van der Waals surface area contributed by atoms with E-state index in [0.717, 1.165) is 29.5 Å². The van der Waals surface area contributed by atoms with Gasteiger partial charge in [0, 0.05) is 21.7 Å². The van der Waals surface area contributed by atoms with Crippen LogP contribution in [0.1, 0.15) is 33.1 Å². The van der Waals surface area contributed by atoms with Crippen LogP contribution in [0.15, 0.2) is 22.7 Å². The summed E-state index contributed by atoms with van der Waals surface area (Å²) in [5.74, 6) is 0.750. The van der Waals surface area contributed by atoms with Gasteiger partial charge in [-0.3, -0.25) is 0 Å². The van der Waals surface area contributed by atoms with Crippen LogP contribution in [0.5, 0.6) is 5.75 Å². The van der Waals surface area contributed by atoms with E-state index in [1.54, 1.807) is 0 Å². The molecule has 18 heavy (non-hydrogen) atoms. The van der Waals surface area contributed by atoms with E-state index in [2.05, 4.69) is 29.8 Å². The van der Waals surface area contributed by atoms with Gasteiger partial charge in [0.15, 0.2) is 0 Å². The van der Waals surface area contributed by atoms with Gasteiger partial charge in [-0.25, -0.2) is 0 Å². The molecule has 1 fully saturated rings. The second-order valence-corrected chi connectivity index (χ2v) is 6.67. The Bertz CT molecular complexity index is 432. The minimum atomic E-state index is 0.0952. The third-order valence-electron chi connectivity index (χ3n) is 4.17. The van der Waals surface area contributed by atoms with Crippen LogP contribution in [0.3, 0.4) is 0 Å². The second-order valence-electron chi connectivity index (χ2n) is 4.82. The molecule has 0 radical (unpaired) electrons. The van der Waals surface area contributed by atoms with Crippen molar-refractivity contribution in [1.82, 2.24) is 0 Å². The lowest BCUT2D eigenvalue weighted by Gasteiger charge is -2.52. The Morgan fingerprint density at radius 1 is 1.39 bits per heavy atom. The van der Waals surface area contributed by atoms with Crippen molar-refractivity contribution < 1.29 is 4.74 Å². The van der Waals surface area contributed by atoms with E-state index in [-0.39, 0.29) is 16.9 Å². The van der Waals surface area contributed by atoms with Gasteiger partial charge in [0.25, 0.3) is 0 Å². The quantitative estimate of drug-likeness (QED) is 0.635. The average Bonchev–Trinajstić information content (AvgIpc) is 2.33. The van der Waals surface area contributed by atoms with Gasteiger partial charge in [-0.05, 0) is 31.0 Å². The lowest BCUT2D eigenvalue weighted by molar-refractivity contribution is -0.0461. The van der Waals surface area contributed by atoms with Crippen LogP contribution in [0.4, 0.5) is 0 Å². The Morgan fingerprint density at radius 2 is 2.06 bits per heavy atom. The highest BCUT2D eigenvalue weighted by Crippen LogP contribution is 2.52. The molecule has 2 atom stereocenters. The number of hydrogen-bond acceptors (Lipinski definition) is 1. The standard InChI is InChI=1S/C14H17BrCl2O/c1-3-14(4-2)12(17)8-13(14)18-11-6-5-9(15)7-10(11)16/h5-7,12-13H,3-4,8H2,1-2H3. The van der Waals surface area contributed by atoms with E-state index in [4.69, 9.17) is 27.9 Å². The number of hydrogen-bond donors (Lipinski definition) is 0. The van der Waals surface area contributed by atoms with Gasteiger partial charge in [0.05, 0.1) is 5.02 Å². The first kappa shape index (κ1) is 14.5. The minimum Gasteiger partial charge on any atom is -0.488 e. The molecule has 0 spiro atoms. The zero-order chi connectivity index (χ0) is 13.3. The highest BCUT2D eigenvalue weighted by molar-refractivity contribution is 9.10. The molecule has 1 aliphatic rings. The number of alkyl halides is 1. The van der Waals surface area contributed by atoms with E-state index in [0.29, 0.717) is 5.02 Å². The molecule has 1 nitrogen and oxygen atoms in total. The normalized spacial score (nSPS) is 25.6. The molecule has 0 aromatic heterocycles. The largest absolute Gasteiger partial charge is 0.488 e. The Morgan fingerprint density at radius 3 is 2.56 bits per heavy atom. The maximum Gasteiger partial charge on any atom is 0.138 e. The molecular formula is C14H17BrCl2O. The zero-order valence-corrected chi connectivity index (χ0v) is 13.6. The predicted octanol–water partition coefficient (Wildman–Crippen LogP) is 5.67. The summed E-state index contributed by atoms with van der Waals surface area (Å²) in [4.78, 5) is 0. The van der Waals surface area contributed by atoms with Crippen molar-refractivity contribution in [3.05, 3.63) is 27.7 Å². The smallest absolute Gasteiger partial charge is 0.138 e. The van der Waals surface area contributed by atoms with Gasteiger partial charge >= 0.3 is 0 Å². The van der Waals surface area contributed by atoms with Crippen LogP contribution < -0.4 is 4.74 Å². The number of halogens is 3. The molecule has 0 amide bonds. The summed E-state index contributed by atoms with van der Waals surface area (Å²) in [5, 5.41) is 0.857. The SMILES string of the molecule is CCC1(CC)C(Cl)CC1Oc1ccc(Br)cc1Cl. The van der Waals surface area contributed by atoms with E-state index in [1.807, 2.05) is 18.2 Å². The first-order valence-corrected chi connectivity index (χ1v) is 7.90. The third kappa shape index (κ3) is 2.39. The van der Waals surface area contributed by atoms with Crippen molar-refractivity contribution in [1.29, 1.82) is 0 Å². The third-order valence-corrected chi connectivity index (χ3v) is 5.57. The summed E-state index contributed by atoms with van der Waals surface area (Å²) < 4.78 is 7.03. The van der Waals surface area contributed by atoms with Gasteiger partial charge < -0.3 is 4.74 Å². The van der Waals surface area contributed by atoms with E-state index in [1.165, 1.54) is 0 Å². The van der Waals surface area contributed by atoms with Crippen molar-refractivity contribution in [2.75, 3.05) is 0 Å². The molecule has 1 aliphatic carbocycles. The van der Waals surface area contributed by atoms with Crippen molar-refractivity contribution in [3.63, 3.8) is 0 Å². The molecule has 2 rings (SSSR count). The summed E-state index contributed by atoms with van der Waals surface area (Å²) in [7, 11) is 0. The molecule has 0 bridgehead atoms. The minimum absolute atomic E-state index is 0.0952. The van der Waals surface area contributed by atoms with Gasteiger partial charge in [-0.15, -0.1) is 11.6 Å². The summed E-state index contributed by atoms with van der Waals surface area (Å²) in [6.07, 6.45) is 3.15. The zero-order valence-electron chi connectivity index (χ0n) is 10.6. The van der Waals surface area contributed by atoms with Crippen LogP contribution in [0.2, 0.25) is 5.02 Å². The Kier molecular flexibility index (Phi) is 4.51. The number of ether oxygens (including phenoxy) is 1. The van der Waals surface area contributed by atoms with Gasteiger partial charge in [-0.1, -0.05) is 41.4 Å². The Labute approximate surface area is 127 Å². The van der Waals surface area contributed by atoms with E-state index in [9.17, 15) is 0 Å². The first-order valence-electron chi connectivity index (χ1n) is 6.29. The highest BCUT2D eigenvalue weighted by atomic mass is 79.9. The fraction of sp³-hybridized carbons (Fsp3) is 0.571. The number of rotatable bonds is 4. The molecular weight excluding hydrogens is 335 g/mol. The summed E-state index contributed by atoms with van der Waals surface area (Å²) in [6, 6.07) is 5.70. The molecule has 0 N–H and O–H groups in total. The van der Waals surface area contributed by atoms with Gasteiger partial charge in [-0.2, -0.15) is 0 Å². The van der Waals surface area contributed by atoms with Crippen molar-refractivity contribution in [3.8, 4) is 5.75 Å². The Hall–Kier alpha value is 0.0800. The average molecular weight is 352 g/mol.